The molecule has 0 bridgehead atoms. The zero-order valence-electron chi connectivity index (χ0n) is 52.1. The molecule has 0 unspecified atom stereocenters. The number of nitrogens with zero attached hydrogens (tertiary/aromatic N) is 3. The number of benzene rings is 1. The molecule has 1 aromatic carbocycles. The molecule has 18 atom stereocenters. The second kappa shape index (κ2) is 29.9. The van der Waals surface area contributed by atoms with Gasteiger partial charge >= 0.3 is 17.9 Å². The summed E-state index contributed by atoms with van der Waals surface area (Å²) in [4.78, 5) is 69.5. The van der Waals surface area contributed by atoms with E-state index >= 15 is 0 Å². The Labute approximate surface area is 504 Å². The van der Waals surface area contributed by atoms with Gasteiger partial charge in [-0.2, -0.15) is 0 Å². The first-order valence-electron chi connectivity index (χ1n) is 30.0. The van der Waals surface area contributed by atoms with Crippen LogP contribution in [0.4, 0.5) is 5.69 Å². The largest absolute Gasteiger partial charge is 0.477 e. The first-order chi connectivity index (χ1) is 39.8. The average Bonchev–Trinajstić information content (AvgIpc) is 4.37. The Balaban J connectivity index is 1.06. The molecule has 25 heteroatoms. The van der Waals surface area contributed by atoms with Crippen molar-refractivity contribution in [2.45, 2.75) is 211 Å². The van der Waals surface area contributed by atoms with Crippen molar-refractivity contribution >= 4 is 52.0 Å². The van der Waals surface area contributed by atoms with E-state index in [-0.39, 0.29) is 73.9 Å². The molecule has 0 spiro atoms. The third-order valence-electron chi connectivity index (χ3n) is 17.7. The lowest BCUT2D eigenvalue weighted by atomic mass is 9.77. The molecule has 0 radical (unpaired) electrons. The summed E-state index contributed by atoms with van der Waals surface area (Å²) >= 11 is 6.57. The van der Waals surface area contributed by atoms with Crippen LogP contribution in [0.3, 0.4) is 0 Å². The molecule has 1 aromatic heterocycles. The Hall–Kier alpha value is -4.12. The van der Waals surface area contributed by atoms with Crippen molar-refractivity contribution in [3.63, 3.8) is 0 Å². The first-order valence-corrected chi connectivity index (χ1v) is 30.4. The van der Waals surface area contributed by atoms with E-state index in [0.29, 0.717) is 48.9 Å². The van der Waals surface area contributed by atoms with Crippen molar-refractivity contribution in [1.82, 2.24) is 25.0 Å². The van der Waals surface area contributed by atoms with Crippen LogP contribution in [-0.2, 0) is 52.3 Å². The van der Waals surface area contributed by atoms with Crippen LogP contribution < -0.4 is 21.4 Å². The maximum Gasteiger partial charge on any atom is 0.341 e. The van der Waals surface area contributed by atoms with Crippen LogP contribution in [0.25, 0.3) is 10.9 Å². The molecule has 1 aliphatic carbocycles. The second-order valence-electron chi connectivity index (χ2n) is 25.1. The number of carbonyl (C=O) groups excluding carboxylic acids is 3. The molecule has 482 valence electrons. The van der Waals surface area contributed by atoms with Crippen molar-refractivity contribution in [2.75, 3.05) is 79.5 Å². The van der Waals surface area contributed by atoms with Crippen molar-refractivity contribution in [2.24, 2.45) is 17.8 Å². The minimum absolute atomic E-state index is 0.0253. The fraction of sp³-hybridized carbons (Fsp3) is 0.783. The van der Waals surface area contributed by atoms with Crippen molar-refractivity contribution < 1.29 is 82.6 Å². The molecular weight excluding hydrogens is 1130 g/mol. The van der Waals surface area contributed by atoms with Crippen LogP contribution in [0, 0.1) is 17.8 Å². The van der Waals surface area contributed by atoms with Crippen LogP contribution in [0.1, 0.15) is 131 Å². The lowest BCUT2D eigenvalue weighted by molar-refractivity contribution is -0.318. The molecule has 4 heterocycles. The lowest BCUT2D eigenvalue weighted by Gasteiger charge is -2.49. The van der Waals surface area contributed by atoms with E-state index in [1.54, 1.807) is 60.6 Å². The highest BCUT2D eigenvalue weighted by Crippen LogP contribution is 2.42. The summed E-state index contributed by atoms with van der Waals surface area (Å²) in [6.07, 6.45) is -6.40. The van der Waals surface area contributed by atoms with Crippen LogP contribution >= 0.6 is 11.6 Å². The Morgan fingerprint density at radius 1 is 0.929 bits per heavy atom. The van der Waals surface area contributed by atoms with Gasteiger partial charge in [-0.05, 0) is 120 Å². The van der Waals surface area contributed by atoms with E-state index in [2.05, 4.69) is 16.0 Å². The van der Waals surface area contributed by atoms with Crippen molar-refractivity contribution in [3.8, 4) is 0 Å². The fourth-order valence-corrected chi connectivity index (χ4v) is 12.8. The monoisotopic (exact) mass is 1220 g/mol. The molecule has 4 fully saturated rings. The van der Waals surface area contributed by atoms with Gasteiger partial charge in [0.15, 0.2) is 18.7 Å². The Morgan fingerprint density at radius 2 is 1.61 bits per heavy atom. The summed E-state index contributed by atoms with van der Waals surface area (Å²) < 4.78 is 52.1. The van der Waals surface area contributed by atoms with Gasteiger partial charge in [0.25, 0.3) is 0 Å². The lowest BCUT2D eigenvalue weighted by Crippen LogP contribution is -2.61. The third-order valence-corrected chi connectivity index (χ3v) is 18.0. The summed E-state index contributed by atoms with van der Waals surface area (Å²) in [6, 6.07) is 2.43. The number of aliphatic hydroxyl groups is 4. The van der Waals surface area contributed by atoms with Crippen LogP contribution in [0.2, 0.25) is 5.02 Å². The number of esters is 2. The summed E-state index contributed by atoms with van der Waals surface area (Å²) in [7, 11) is 6.99. The fourth-order valence-electron chi connectivity index (χ4n) is 12.5. The number of hydrogen-bond donors (Lipinski definition) is 8. The molecule has 1 saturated carbocycles. The summed E-state index contributed by atoms with van der Waals surface area (Å²) in [6.45, 7) is 18.9. The summed E-state index contributed by atoms with van der Waals surface area (Å²) in [5, 5.41) is 67.3. The number of cyclic esters (lactones) is 1. The minimum Gasteiger partial charge on any atom is -0.477 e. The van der Waals surface area contributed by atoms with Gasteiger partial charge in [0.1, 0.15) is 41.6 Å². The number of amides is 1. The van der Waals surface area contributed by atoms with Gasteiger partial charge < -0.3 is 93.7 Å². The Bertz CT molecular complexity index is 2640. The van der Waals surface area contributed by atoms with E-state index in [1.807, 2.05) is 49.4 Å². The van der Waals surface area contributed by atoms with E-state index in [9.17, 15) is 49.5 Å². The quantitative estimate of drug-likeness (QED) is 0.0616. The number of methoxy groups -OCH3 is 1. The van der Waals surface area contributed by atoms with Gasteiger partial charge in [0.05, 0.1) is 65.4 Å². The van der Waals surface area contributed by atoms with Gasteiger partial charge in [-0.3, -0.25) is 19.2 Å². The van der Waals surface area contributed by atoms with Crippen molar-refractivity contribution in [1.29, 1.82) is 0 Å². The summed E-state index contributed by atoms with van der Waals surface area (Å²) in [5.41, 5.74) is -4.60. The van der Waals surface area contributed by atoms with E-state index < -0.39 is 126 Å². The van der Waals surface area contributed by atoms with E-state index in [4.69, 9.17) is 49.5 Å². The zero-order valence-corrected chi connectivity index (χ0v) is 52.9. The molecule has 24 nitrogen and oxygen atoms in total. The summed E-state index contributed by atoms with van der Waals surface area (Å²) in [5.74, 6) is -5.42. The van der Waals surface area contributed by atoms with Crippen molar-refractivity contribution in [3.05, 3.63) is 39.1 Å². The number of pyridine rings is 1. The molecule has 4 aliphatic rings. The number of aliphatic hydroxyl groups excluding tert-OH is 2. The number of nitrogens with one attached hydrogen (secondary N) is 3. The number of carboxylic acid groups (broad SMARTS) is 1. The number of anilines is 1. The molecule has 3 saturated heterocycles. The average molecular weight is 1230 g/mol. The molecular formula is C60H97ClN6O18. The smallest absolute Gasteiger partial charge is 0.341 e. The highest BCUT2D eigenvalue weighted by Gasteiger charge is 2.54. The molecule has 3 aliphatic heterocycles. The molecule has 85 heavy (non-hydrogen) atoms. The van der Waals surface area contributed by atoms with Crippen LogP contribution in [-0.4, -0.2) is 228 Å². The number of carbonyl (C=O) groups is 4. The molecule has 6 rings (SSSR count). The van der Waals surface area contributed by atoms with Gasteiger partial charge in [0, 0.05) is 81.8 Å². The third kappa shape index (κ3) is 17.4. The number of halogens is 1. The standard InChI is InChI=1S/C60H97ClN6O18/c1-15-45-60(10,77)52(72)36(6)66(13)30-32(2)27-58(8,76)53(85-57-50(71)44(65(11)12)24-33(3)80-57)34(4)51(35(5)56(75)82-45)84-48-28-59(9,78-14)54(37(7)81-48)83-47(69)29-64-46(68)18-19-62-20-22-79-23-21-63-42-25-39-43(26-41(42)61)67(38-16-17-38)31-40(49(39)70)55(73)74/h25-26,31-38,44-45,48,50-54,57,62-63,71-72,76-77H,15-24,27-30H2,1-14H3,(H,64,68)(H,73,74)/t32-,33-,34-,35-,36-,37+,44+,45+,48+,50-,51+,52-,53-,54+,57+,58-,59-,60-/m1/s1. The zero-order chi connectivity index (χ0) is 63.0. The molecule has 1 amide bonds. The number of rotatable bonds is 22. The number of aromatic carboxylic acids is 1. The number of hydrogen-bond acceptors (Lipinski definition) is 21. The highest BCUT2D eigenvalue weighted by atomic mass is 35.5. The highest BCUT2D eigenvalue weighted by molar-refractivity contribution is 6.34. The number of carboxylic acids is 1. The maximum atomic E-state index is 14.6. The van der Waals surface area contributed by atoms with Gasteiger partial charge in [-0.15, -0.1) is 0 Å². The van der Waals surface area contributed by atoms with Gasteiger partial charge in [-0.1, -0.05) is 32.4 Å². The van der Waals surface area contributed by atoms with Gasteiger partial charge in [-0.25, -0.2) is 4.79 Å². The second-order valence-corrected chi connectivity index (χ2v) is 25.5. The number of likely N-dealkylation sites (N-methyl/N-ethyl adjacent to an activating group) is 2. The van der Waals surface area contributed by atoms with E-state index in [0.717, 1.165) is 12.8 Å². The first kappa shape index (κ1) is 70.0. The van der Waals surface area contributed by atoms with Crippen LogP contribution in [0.5, 0.6) is 0 Å². The van der Waals surface area contributed by atoms with E-state index in [1.165, 1.54) is 20.2 Å². The Morgan fingerprint density at radius 3 is 2.25 bits per heavy atom. The topological polar surface area (TPSA) is 308 Å². The number of aromatic nitrogens is 1. The minimum atomic E-state index is -1.88. The predicted octanol–water partition coefficient (Wildman–Crippen LogP) is 3.68. The number of ether oxygens (including phenoxy) is 8. The molecule has 8 N–H and O–H groups in total. The van der Waals surface area contributed by atoms with Gasteiger partial charge in [0.2, 0.25) is 11.3 Å². The SMILES string of the molecule is CC[C@@H]1OC(=O)[C@H](C)[C@@H](O[C@H]2C[C@@](C)(OC)[C@@H](OC(=O)CNC(=O)CCNCCOCCNc3cc4c(=O)c(C(=O)O)cn(C5CC5)c4cc3Cl)[C@H](C)O2)[C@@H](C)[C@@H](O[C@@H]2O[C@H](C)C[C@H](N(C)C)[C@H]2O)[C@](C)(O)C[C@@H](C)CN(C)[C@H](C)[C@@H](O)[C@]1(C)O. The normalized spacial score (nSPS) is 35.6. The molecule has 2 aromatic rings. The Kier molecular flexibility index (Phi) is 24.6. The van der Waals surface area contributed by atoms with Crippen LogP contribution in [0.15, 0.2) is 23.1 Å². The number of fused-ring (bicyclic) bond motifs is 1. The predicted molar refractivity (Wildman–Crippen MR) is 316 cm³/mol. The maximum absolute atomic E-state index is 14.6.